The van der Waals surface area contributed by atoms with E-state index in [4.69, 9.17) is 0 Å². The summed E-state index contributed by atoms with van der Waals surface area (Å²) in [7, 11) is 0. The van der Waals surface area contributed by atoms with E-state index < -0.39 is 6.17 Å². The summed E-state index contributed by atoms with van der Waals surface area (Å²) in [6, 6.07) is 0.311. The van der Waals surface area contributed by atoms with E-state index in [2.05, 4.69) is 22.9 Å². The van der Waals surface area contributed by atoms with E-state index in [1.165, 1.54) is 25.7 Å². The highest BCUT2D eigenvalue weighted by Crippen LogP contribution is 2.39. The molecule has 3 N–H and O–H groups in total. The maximum Gasteiger partial charge on any atom is 0.237 e. The maximum absolute atomic E-state index is 14.3. The average molecular weight is 366 g/mol. The number of alkyl halides is 1. The number of halogens is 1. The lowest BCUT2D eigenvalue weighted by Gasteiger charge is -2.37. The van der Waals surface area contributed by atoms with Crippen LogP contribution in [0.15, 0.2) is 0 Å². The summed E-state index contributed by atoms with van der Waals surface area (Å²) in [6.07, 6.45) is 8.91. The molecule has 5 unspecified atom stereocenters. The summed E-state index contributed by atoms with van der Waals surface area (Å²) < 4.78 is 14.3. The first-order valence-electron chi connectivity index (χ1n) is 11.0. The van der Waals surface area contributed by atoms with Crippen LogP contribution in [0.25, 0.3) is 0 Å². The third kappa shape index (κ3) is 3.94. The largest absolute Gasteiger partial charge is 0.352 e. The number of hydrogen-bond donors (Lipinski definition) is 3. The molecule has 4 rings (SSSR count). The Kier molecular flexibility index (Phi) is 5.84. The van der Waals surface area contributed by atoms with Crippen molar-refractivity contribution in [3.8, 4) is 0 Å². The minimum Gasteiger partial charge on any atom is -0.352 e. The van der Waals surface area contributed by atoms with Gasteiger partial charge in [0.15, 0.2) is 0 Å². The average Bonchev–Trinajstić information content (AvgIpc) is 3.13. The van der Waals surface area contributed by atoms with Crippen molar-refractivity contribution < 1.29 is 9.18 Å². The predicted octanol–water partition coefficient (Wildman–Crippen LogP) is 2.78. The zero-order chi connectivity index (χ0) is 18.1. The van der Waals surface area contributed by atoms with Gasteiger partial charge in [-0.05, 0) is 75.8 Å². The Hall–Kier alpha value is -0.680. The van der Waals surface area contributed by atoms with Crippen molar-refractivity contribution in [2.45, 2.75) is 89.0 Å². The predicted molar refractivity (Wildman–Crippen MR) is 102 cm³/mol. The quantitative estimate of drug-likeness (QED) is 0.721. The van der Waals surface area contributed by atoms with Crippen LogP contribution in [0.1, 0.15) is 64.7 Å². The second-order valence-corrected chi connectivity index (χ2v) is 9.43. The standard InChI is InChI=1S/C21H36FN3O/c1-13-5-6-18(22)17-12-19(25-20(13)17)21(26)24-16-4-2-3-15(11-16)14-7-9-23-10-8-14/h13-20,23,25H,2-12H2,1H3,(H,24,26)/t13?,15-,16+,17?,18?,19?,20?/m0/s1. The highest BCUT2D eigenvalue weighted by molar-refractivity contribution is 5.82. The van der Waals surface area contributed by atoms with Crippen molar-refractivity contribution >= 4 is 5.91 Å². The second-order valence-electron chi connectivity index (χ2n) is 9.43. The number of fused-ring (bicyclic) bond motifs is 1. The highest BCUT2D eigenvalue weighted by Gasteiger charge is 2.46. The summed E-state index contributed by atoms with van der Waals surface area (Å²) in [5.41, 5.74) is 0. The van der Waals surface area contributed by atoms with Gasteiger partial charge in [-0.3, -0.25) is 4.79 Å². The molecule has 4 nitrogen and oxygen atoms in total. The number of piperidine rings is 1. The van der Waals surface area contributed by atoms with Crippen LogP contribution in [0, 0.1) is 23.7 Å². The Labute approximate surface area is 157 Å². The fraction of sp³-hybridized carbons (Fsp3) is 0.952. The van der Waals surface area contributed by atoms with Crippen LogP contribution in [-0.2, 0) is 4.79 Å². The maximum atomic E-state index is 14.3. The number of hydrogen-bond acceptors (Lipinski definition) is 3. The van der Waals surface area contributed by atoms with E-state index in [0.717, 1.165) is 44.2 Å². The van der Waals surface area contributed by atoms with E-state index in [1.807, 2.05) is 0 Å². The molecule has 4 fully saturated rings. The Bertz CT molecular complexity index is 478. The zero-order valence-corrected chi connectivity index (χ0v) is 16.2. The molecule has 2 saturated carbocycles. The molecule has 1 amide bonds. The first-order valence-corrected chi connectivity index (χ1v) is 11.0. The van der Waals surface area contributed by atoms with Gasteiger partial charge >= 0.3 is 0 Å². The molecular weight excluding hydrogens is 329 g/mol. The van der Waals surface area contributed by atoms with Crippen molar-refractivity contribution in [3.63, 3.8) is 0 Å². The number of carbonyl (C=O) groups is 1. The summed E-state index contributed by atoms with van der Waals surface area (Å²) in [6.45, 7) is 4.49. The number of carbonyl (C=O) groups excluding carboxylic acids is 1. The number of nitrogens with one attached hydrogen (secondary N) is 3. The fourth-order valence-corrected chi connectivity index (χ4v) is 6.20. The molecule has 0 bridgehead atoms. The van der Waals surface area contributed by atoms with Gasteiger partial charge in [0.1, 0.15) is 6.17 Å². The van der Waals surface area contributed by atoms with Crippen LogP contribution in [0.4, 0.5) is 4.39 Å². The first kappa shape index (κ1) is 18.7. The molecule has 0 aromatic rings. The van der Waals surface area contributed by atoms with Crippen LogP contribution in [-0.4, -0.2) is 43.3 Å². The molecule has 4 aliphatic rings. The molecule has 2 aliphatic heterocycles. The van der Waals surface area contributed by atoms with E-state index in [9.17, 15) is 9.18 Å². The van der Waals surface area contributed by atoms with Crippen molar-refractivity contribution in [2.75, 3.05) is 13.1 Å². The molecule has 2 heterocycles. The van der Waals surface area contributed by atoms with Crippen molar-refractivity contribution in [1.29, 1.82) is 0 Å². The van der Waals surface area contributed by atoms with Crippen LogP contribution in [0.3, 0.4) is 0 Å². The number of amides is 1. The van der Waals surface area contributed by atoms with Gasteiger partial charge in [0.05, 0.1) is 6.04 Å². The zero-order valence-electron chi connectivity index (χ0n) is 16.2. The Morgan fingerprint density at radius 1 is 1.00 bits per heavy atom. The van der Waals surface area contributed by atoms with Gasteiger partial charge in [-0.15, -0.1) is 0 Å². The van der Waals surface area contributed by atoms with Gasteiger partial charge in [-0.25, -0.2) is 4.39 Å². The van der Waals surface area contributed by atoms with Gasteiger partial charge in [-0.1, -0.05) is 19.8 Å². The molecule has 2 saturated heterocycles. The van der Waals surface area contributed by atoms with Crippen molar-refractivity contribution in [2.24, 2.45) is 23.7 Å². The molecule has 0 radical (unpaired) electrons. The molecule has 0 aromatic heterocycles. The van der Waals surface area contributed by atoms with E-state index in [-0.39, 0.29) is 23.9 Å². The summed E-state index contributed by atoms with van der Waals surface area (Å²) >= 11 is 0. The molecule has 7 atom stereocenters. The lowest BCUT2D eigenvalue weighted by molar-refractivity contribution is -0.124. The van der Waals surface area contributed by atoms with Gasteiger partial charge < -0.3 is 16.0 Å². The lowest BCUT2D eigenvalue weighted by Crippen LogP contribution is -2.49. The van der Waals surface area contributed by atoms with Crippen molar-refractivity contribution in [3.05, 3.63) is 0 Å². The highest BCUT2D eigenvalue weighted by atomic mass is 19.1. The Balaban J connectivity index is 1.30. The molecule has 2 aliphatic carbocycles. The molecular formula is C21H36FN3O. The van der Waals surface area contributed by atoms with Gasteiger partial charge in [0, 0.05) is 18.0 Å². The van der Waals surface area contributed by atoms with Gasteiger partial charge in [-0.2, -0.15) is 0 Å². The third-order valence-corrected chi connectivity index (χ3v) is 7.77. The number of rotatable bonds is 3. The minimum absolute atomic E-state index is 0.0309. The third-order valence-electron chi connectivity index (χ3n) is 7.77. The van der Waals surface area contributed by atoms with E-state index >= 15 is 0 Å². The van der Waals surface area contributed by atoms with Crippen LogP contribution in [0.2, 0.25) is 0 Å². The normalized spacial score (nSPS) is 44.5. The van der Waals surface area contributed by atoms with E-state index in [0.29, 0.717) is 24.8 Å². The molecule has 26 heavy (non-hydrogen) atoms. The summed E-state index contributed by atoms with van der Waals surface area (Å²) in [5.74, 6) is 2.23. The second kappa shape index (κ2) is 8.14. The molecule has 148 valence electrons. The van der Waals surface area contributed by atoms with Crippen LogP contribution in [0.5, 0.6) is 0 Å². The molecule has 0 aromatic carbocycles. The van der Waals surface area contributed by atoms with Crippen molar-refractivity contribution in [1.82, 2.24) is 16.0 Å². The Morgan fingerprint density at radius 2 is 1.81 bits per heavy atom. The van der Waals surface area contributed by atoms with Gasteiger partial charge in [0.2, 0.25) is 5.91 Å². The van der Waals surface area contributed by atoms with E-state index in [1.54, 1.807) is 0 Å². The summed E-state index contributed by atoms with van der Waals surface area (Å²) in [5, 5.41) is 10.3. The molecule has 5 heteroatoms. The molecule has 0 spiro atoms. The van der Waals surface area contributed by atoms with Crippen LogP contribution < -0.4 is 16.0 Å². The SMILES string of the molecule is CC1CCC(F)C2CC(C(=O)N[C@@H]3CCC[C@H](C4CCNCC4)C3)NC12. The monoisotopic (exact) mass is 365 g/mol. The lowest BCUT2D eigenvalue weighted by atomic mass is 9.74. The van der Waals surface area contributed by atoms with Crippen LogP contribution >= 0.6 is 0 Å². The smallest absolute Gasteiger partial charge is 0.237 e. The van der Waals surface area contributed by atoms with Gasteiger partial charge in [0.25, 0.3) is 0 Å². The topological polar surface area (TPSA) is 53.2 Å². The minimum atomic E-state index is -0.736. The Morgan fingerprint density at radius 3 is 2.58 bits per heavy atom. The summed E-state index contributed by atoms with van der Waals surface area (Å²) in [4.78, 5) is 12.8. The fourth-order valence-electron chi connectivity index (χ4n) is 6.20. The first-order chi connectivity index (χ1) is 12.6.